The molecule has 1 aromatic carbocycles. The molecule has 8 nitrogen and oxygen atoms in total. The van der Waals surface area contributed by atoms with Crippen LogP contribution in [0.2, 0.25) is 0 Å². The number of aryl methyl sites for hydroxylation is 1. The van der Waals surface area contributed by atoms with E-state index in [0.29, 0.717) is 24.6 Å². The van der Waals surface area contributed by atoms with Gasteiger partial charge in [0.15, 0.2) is 5.96 Å². The summed E-state index contributed by atoms with van der Waals surface area (Å²) < 4.78 is 28.0. The third kappa shape index (κ3) is 4.83. The fourth-order valence-corrected chi connectivity index (χ4v) is 3.45. The number of benzene rings is 1. The number of aliphatic imine (C=N–C) groups is 1. The average Bonchev–Trinajstić information content (AvgIpc) is 3.02. The molecule has 0 aliphatic heterocycles. The van der Waals surface area contributed by atoms with Crippen LogP contribution in [0, 0.1) is 0 Å². The zero-order valence-electron chi connectivity index (χ0n) is 15.6. The second-order valence-electron chi connectivity index (χ2n) is 5.89. The number of aromatic nitrogens is 2. The Hall–Kier alpha value is -2.39. The summed E-state index contributed by atoms with van der Waals surface area (Å²) in [6, 6.07) is 8.85. The number of guanidine groups is 1. The van der Waals surface area contributed by atoms with E-state index in [2.05, 4.69) is 20.7 Å². The lowest BCUT2D eigenvalue weighted by molar-refractivity contribution is 0.519. The van der Waals surface area contributed by atoms with Crippen molar-refractivity contribution in [3.63, 3.8) is 0 Å². The van der Waals surface area contributed by atoms with E-state index in [1.165, 1.54) is 18.4 Å². The van der Waals surface area contributed by atoms with Crippen LogP contribution >= 0.6 is 0 Å². The fraction of sp³-hybridized carbons (Fsp3) is 0.412. The Morgan fingerprint density at radius 1 is 1.23 bits per heavy atom. The van der Waals surface area contributed by atoms with Crippen molar-refractivity contribution in [1.29, 1.82) is 0 Å². The highest BCUT2D eigenvalue weighted by atomic mass is 32.2. The molecule has 9 heteroatoms. The van der Waals surface area contributed by atoms with Crippen LogP contribution in [-0.4, -0.2) is 49.1 Å². The minimum atomic E-state index is -3.51. The molecule has 2 aromatic rings. The highest BCUT2D eigenvalue weighted by Crippen LogP contribution is 2.19. The minimum Gasteiger partial charge on any atom is -0.357 e. The molecule has 2 N–H and O–H groups in total. The SMILES string of the molecule is CCNC(=NCc1ccccc1S(=O)(=O)N(C)C)NCc1ccnn1C. The van der Waals surface area contributed by atoms with Gasteiger partial charge in [0.25, 0.3) is 0 Å². The summed E-state index contributed by atoms with van der Waals surface area (Å²) in [5, 5.41) is 10.5. The minimum absolute atomic E-state index is 0.254. The van der Waals surface area contributed by atoms with Gasteiger partial charge >= 0.3 is 0 Å². The van der Waals surface area contributed by atoms with Gasteiger partial charge in [-0.3, -0.25) is 4.68 Å². The fourth-order valence-electron chi connectivity index (χ4n) is 2.34. The molecule has 0 unspecified atom stereocenters. The molecule has 0 atom stereocenters. The Bertz CT molecular complexity index is 858. The van der Waals surface area contributed by atoms with Gasteiger partial charge in [-0.2, -0.15) is 5.10 Å². The molecule has 0 saturated carbocycles. The number of rotatable bonds is 7. The molecule has 0 amide bonds. The molecule has 0 aliphatic rings. The number of sulfonamides is 1. The molecule has 0 aliphatic carbocycles. The van der Waals surface area contributed by atoms with Crippen molar-refractivity contribution < 1.29 is 8.42 Å². The third-order valence-electron chi connectivity index (χ3n) is 3.84. The molecule has 2 rings (SSSR count). The van der Waals surface area contributed by atoms with E-state index < -0.39 is 10.0 Å². The highest BCUT2D eigenvalue weighted by Gasteiger charge is 2.20. The van der Waals surface area contributed by atoms with Gasteiger partial charge in [-0.05, 0) is 24.6 Å². The lowest BCUT2D eigenvalue weighted by Crippen LogP contribution is -2.37. The molecule has 142 valence electrons. The molecular formula is C17H26N6O2S. The van der Waals surface area contributed by atoms with Crippen LogP contribution < -0.4 is 10.6 Å². The third-order valence-corrected chi connectivity index (χ3v) is 5.76. The van der Waals surface area contributed by atoms with E-state index in [9.17, 15) is 8.42 Å². The Morgan fingerprint density at radius 2 is 1.96 bits per heavy atom. The van der Waals surface area contributed by atoms with Crippen LogP contribution in [0.5, 0.6) is 0 Å². The predicted octanol–water partition coefficient (Wildman–Crippen LogP) is 0.926. The molecule has 0 spiro atoms. The number of hydrogen-bond donors (Lipinski definition) is 2. The summed E-state index contributed by atoms with van der Waals surface area (Å²) in [4.78, 5) is 4.80. The van der Waals surface area contributed by atoms with Crippen molar-refractivity contribution in [2.75, 3.05) is 20.6 Å². The zero-order chi connectivity index (χ0) is 19.2. The molecule has 0 fully saturated rings. The van der Waals surface area contributed by atoms with E-state index in [0.717, 1.165) is 5.69 Å². The molecule has 1 aromatic heterocycles. The summed E-state index contributed by atoms with van der Waals surface area (Å²) in [6.45, 7) is 3.50. The maximum absolute atomic E-state index is 12.5. The first-order valence-corrected chi connectivity index (χ1v) is 9.79. The first-order chi connectivity index (χ1) is 12.4. The highest BCUT2D eigenvalue weighted by molar-refractivity contribution is 7.89. The Morgan fingerprint density at radius 3 is 2.58 bits per heavy atom. The maximum Gasteiger partial charge on any atom is 0.242 e. The second kappa shape index (κ2) is 8.81. The number of hydrogen-bond acceptors (Lipinski definition) is 4. The molecule has 0 saturated heterocycles. The van der Waals surface area contributed by atoms with Gasteiger partial charge in [0.1, 0.15) is 0 Å². The van der Waals surface area contributed by atoms with Crippen molar-refractivity contribution in [2.24, 2.45) is 12.0 Å². The van der Waals surface area contributed by atoms with Crippen LogP contribution in [0.1, 0.15) is 18.2 Å². The van der Waals surface area contributed by atoms with Gasteiger partial charge in [-0.15, -0.1) is 0 Å². The molecule has 1 heterocycles. The van der Waals surface area contributed by atoms with Crippen molar-refractivity contribution in [3.8, 4) is 0 Å². The predicted molar refractivity (Wildman–Crippen MR) is 102 cm³/mol. The molecular weight excluding hydrogens is 352 g/mol. The Balaban J connectivity index is 2.18. The molecule has 0 bridgehead atoms. The topological polar surface area (TPSA) is 91.6 Å². The lowest BCUT2D eigenvalue weighted by Gasteiger charge is -2.15. The number of nitrogens with zero attached hydrogens (tertiary/aromatic N) is 4. The second-order valence-corrected chi connectivity index (χ2v) is 8.01. The molecule has 26 heavy (non-hydrogen) atoms. The van der Waals surface area contributed by atoms with Gasteiger partial charge < -0.3 is 10.6 Å². The molecule has 0 radical (unpaired) electrons. The van der Waals surface area contributed by atoms with Crippen molar-refractivity contribution in [3.05, 3.63) is 47.8 Å². The van der Waals surface area contributed by atoms with Crippen LogP contribution in [0.3, 0.4) is 0 Å². The van der Waals surface area contributed by atoms with Gasteiger partial charge in [0.05, 0.1) is 23.7 Å². The first-order valence-electron chi connectivity index (χ1n) is 8.35. The van der Waals surface area contributed by atoms with E-state index >= 15 is 0 Å². The monoisotopic (exact) mass is 378 g/mol. The Kier molecular flexibility index (Phi) is 6.76. The normalized spacial score (nSPS) is 12.4. The van der Waals surface area contributed by atoms with Crippen LogP contribution in [0.4, 0.5) is 0 Å². The van der Waals surface area contributed by atoms with Gasteiger partial charge in [-0.25, -0.2) is 17.7 Å². The van der Waals surface area contributed by atoms with E-state index in [1.807, 2.05) is 26.1 Å². The van der Waals surface area contributed by atoms with E-state index in [4.69, 9.17) is 0 Å². The van der Waals surface area contributed by atoms with Crippen molar-refractivity contribution >= 4 is 16.0 Å². The summed E-state index contributed by atoms with van der Waals surface area (Å²) in [5.41, 5.74) is 1.67. The van der Waals surface area contributed by atoms with Crippen molar-refractivity contribution in [2.45, 2.75) is 24.9 Å². The van der Waals surface area contributed by atoms with Gasteiger partial charge in [-0.1, -0.05) is 18.2 Å². The lowest BCUT2D eigenvalue weighted by atomic mass is 10.2. The summed E-state index contributed by atoms with van der Waals surface area (Å²) >= 11 is 0. The van der Waals surface area contributed by atoms with E-state index in [1.54, 1.807) is 29.1 Å². The standard InChI is InChI=1S/C17H26N6O2S/c1-5-18-17(20-13-15-10-11-21-23(15)4)19-12-14-8-6-7-9-16(14)26(24,25)22(2)3/h6-11H,5,12-13H2,1-4H3,(H2,18,19,20). The quantitative estimate of drug-likeness (QED) is 0.552. The summed E-state index contributed by atoms with van der Waals surface area (Å²) in [6.07, 6.45) is 1.74. The summed E-state index contributed by atoms with van der Waals surface area (Å²) in [7, 11) is 1.41. The average molecular weight is 379 g/mol. The maximum atomic E-state index is 12.5. The van der Waals surface area contributed by atoms with Gasteiger partial charge in [0, 0.05) is 33.9 Å². The van der Waals surface area contributed by atoms with Crippen molar-refractivity contribution in [1.82, 2.24) is 24.7 Å². The summed E-state index contributed by atoms with van der Waals surface area (Å²) in [5.74, 6) is 0.616. The zero-order valence-corrected chi connectivity index (χ0v) is 16.4. The smallest absolute Gasteiger partial charge is 0.242 e. The largest absolute Gasteiger partial charge is 0.357 e. The van der Waals surface area contributed by atoms with Crippen LogP contribution in [-0.2, 0) is 30.2 Å². The van der Waals surface area contributed by atoms with E-state index in [-0.39, 0.29) is 11.4 Å². The first kappa shape index (κ1) is 19.9. The van der Waals surface area contributed by atoms with Crippen LogP contribution in [0.15, 0.2) is 46.4 Å². The Labute approximate surface area is 155 Å². The van der Waals surface area contributed by atoms with Crippen LogP contribution in [0.25, 0.3) is 0 Å². The van der Waals surface area contributed by atoms with Gasteiger partial charge in [0.2, 0.25) is 10.0 Å². The number of nitrogens with one attached hydrogen (secondary N) is 2.